The summed E-state index contributed by atoms with van der Waals surface area (Å²) in [5.41, 5.74) is 1.39. The first kappa shape index (κ1) is 16.3. The lowest BCUT2D eigenvalue weighted by atomic mass is 10.0. The number of nitrogens with one attached hydrogen (secondary N) is 1. The molecule has 1 aliphatic rings. The SMILES string of the molecule is COc1ccccc1C(=O)/C(C#N)=C\c1ccc2c(c1)NC(=O)CO2. The van der Waals surface area contributed by atoms with Gasteiger partial charge < -0.3 is 14.8 Å². The Bertz CT molecular complexity index is 925. The highest BCUT2D eigenvalue weighted by atomic mass is 16.5. The first-order chi connectivity index (χ1) is 12.1. The lowest BCUT2D eigenvalue weighted by Gasteiger charge is -2.18. The molecular weight excluding hydrogens is 320 g/mol. The van der Waals surface area contributed by atoms with Gasteiger partial charge in [-0.2, -0.15) is 5.26 Å². The molecule has 2 aromatic carbocycles. The molecule has 0 spiro atoms. The lowest BCUT2D eigenvalue weighted by Crippen LogP contribution is -2.25. The molecule has 0 unspecified atom stereocenters. The van der Waals surface area contributed by atoms with Crippen LogP contribution in [0, 0.1) is 11.3 Å². The van der Waals surface area contributed by atoms with Crippen LogP contribution >= 0.6 is 0 Å². The Kier molecular flexibility index (Phi) is 4.48. The van der Waals surface area contributed by atoms with E-state index in [1.54, 1.807) is 42.5 Å². The Morgan fingerprint density at radius 1 is 1.32 bits per heavy atom. The monoisotopic (exact) mass is 334 g/mol. The molecule has 0 saturated heterocycles. The third kappa shape index (κ3) is 3.35. The molecule has 6 heteroatoms. The number of hydrogen-bond acceptors (Lipinski definition) is 5. The molecule has 1 heterocycles. The number of carbonyl (C=O) groups excluding carboxylic acids is 2. The molecule has 0 aromatic heterocycles. The van der Waals surface area contributed by atoms with Gasteiger partial charge in [-0.3, -0.25) is 9.59 Å². The molecule has 124 valence electrons. The molecule has 0 aliphatic carbocycles. The first-order valence-corrected chi connectivity index (χ1v) is 7.48. The molecule has 25 heavy (non-hydrogen) atoms. The summed E-state index contributed by atoms with van der Waals surface area (Å²) in [6.07, 6.45) is 1.47. The highest BCUT2D eigenvalue weighted by molar-refractivity contribution is 6.15. The number of nitrogens with zero attached hydrogens (tertiary/aromatic N) is 1. The first-order valence-electron chi connectivity index (χ1n) is 7.48. The largest absolute Gasteiger partial charge is 0.496 e. The molecule has 3 rings (SSSR count). The van der Waals surface area contributed by atoms with Crippen LogP contribution in [0.2, 0.25) is 0 Å². The lowest BCUT2D eigenvalue weighted by molar-refractivity contribution is -0.118. The van der Waals surface area contributed by atoms with Crippen molar-refractivity contribution >= 4 is 23.5 Å². The van der Waals surface area contributed by atoms with E-state index in [1.165, 1.54) is 13.2 Å². The molecule has 0 saturated carbocycles. The number of amides is 1. The van der Waals surface area contributed by atoms with E-state index in [0.717, 1.165) is 0 Å². The van der Waals surface area contributed by atoms with Crippen LogP contribution in [-0.2, 0) is 4.79 Å². The Morgan fingerprint density at radius 3 is 2.88 bits per heavy atom. The number of rotatable bonds is 4. The smallest absolute Gasteiger partial charge is 0.262 e. The molecule has 0 radical (unpaired) electrons. The fourth-order valence-electron chi connectivity index (χ4n) is 2.48. The molecule has 6 nitrogen and oxygen atoms in total. The topological polar surface area (TPSA) is 88.4 Å². The molecule has 2 aromatic rings. The number of para-hydroxylation sites is 1. The average Bonchev–Trinajstić information content (AvgIpc) is 2.65. The summed E-state index contributed by atoms with van der Waals surface area (Å²) in [6.45, 7) is -0.0298. The number of fused-ring (bicyclic) bond motifs is 1. The van der Waals surface area contributed by atoms with Crippen LogP contribution in [0.3, 0.4) is 0 Å². The maximum absolute atomic E-state index is 12.6. The number of hydrogen-bond donors (Lipinski definition) is 1. The second-order valence-corrected chi connectivity index (χ2v) is 5.29. The summed E-state index contributed by atoms with van der Waals surface area (Å²) in [5.74, 6) is 0.267. The highest BCUT2D eigenvalue weighted by Gasteiger charge is 2.18. The van der Waals surface area contributed by atoms with Gasteiger partial charge in [0.25, 0.3) is 5.91 Å². The van der Waals surface area contributed by atoms with Crippen molar-refractivity contribution in [2.45, 2.75) is 0 Å². The van der Waals surface area contributed by atoms with Crippen LogP contribution in [0.25, 0.3) is 6.08 Å². The van der Waals surface area contributed by atoms with Crippen LogP contribution in [0.15, 0.2) is 48.0 Å². The predicted octanol–water partition coefficient (Wildman–Crippen LogP) is 2.82. The number of benzene rings is 2. The van der Waals surface area contributed by atoms with E-state index < -0.39 is 5.78 Å². The summed E-state index contributed by atoms with van der Waals surface area (Å²) in [7, 11) is 1.47. The third-order valence-electron chi connectivity index (χ3n) is 3.66. The second kappa shape index (κ2) is 6.89. The summed E-state index contributed by atoms with van der Waals surface area (Å²) in [5, 5.41) is 12.1. The maximum atomic E-state index is 12.6. The molecule has 0 bridgehead atoms. The summed E-state index contributed by atoms with van der Waals surface area (Å²) >= 11 is 0. The second-order valence-electron chi connectivity index (χ2n) is 5.29. The average molecular weight is 334 g/mol. The minimum absolute atomic E-state index is 0.0298. The van der Waals surface area contributed by atoms with Crippen LogP contribution in [-0.4, -0.2) is 25.4 Å². The minimum Gasteiger partial charge on any atom is -0.496 e. The Hall–Kier alpha value is -3.59. The quantitative estimate of drug-likeness (QED) is 0.528. The van der Waals surface area contributed by atoms with Gasteiger partial charge in [0, 0.05) is 0 Å². The molecule has 0 fully saturated rings. The van der Waals surface area contributed by atoms with Crippen molar-refractivity contribution in [3.8, 4) is 17.6 Å². The number of carbonyl (C=O) groups is 2. The van der Waals surface area contributed by atoms with Crippen molar-refractivity contribution in [3.05, 3.63) is 59.2 Å². The Balaban J connectivity index is 1.96. The molecule has 1 aliphatic heterocycles. The van der Waals surface area contributed by atoms with Crippen molar-refractivity contribution in [1.82, 2.24) is 0 Å². The van der Waals surface area contributed by atoms with Gasteiger partial charge in [0.05, 0.1) is 18.4 Å². The van der Waals surface area contributed by atoms with E-state index in [4.69, 9.17) is 9.47 Å². The highest BCUT2D eigenvalue weighted by Crippen LogP contribution is 2.29. The molecule has 1 N–H and O–H groups in total. The van der Waals surface area contributed by atoms with E-state index in [-0.39, 0.29) is 18.1 Å². The van der Waals surface area contributed by atoms with Crippen molar-refractivity contribution in [2.24, 2.45) is 0 Å². The van der Waals surface area contributed by atoms with Crippen LogP contribution in [0.5, 0.6) is 11.5 Å². The minimum atomic E-state index is -0.432. The Labute approximate surface area is 144 Å². The zero-order valence-corrected chi connectivity index (χ0v) is 13.4. The zero-order valence-electron chi connectivity index (χ0n) is 13.4. The molecule has 0 atom stereocenters. The number of Topliss-reactive ketones (excluding diaryl/α,β-unsaturated/α-hetero) is 1. The van der Waals surface area contributed by atoms with E-state index in [9.17, 15) is 14.9 Å². The summed E-state index contributed by atoms with van der Waals surface area (Å²) in [6, 6.07) is 13.7. The fraction of sp³-hybridized carbons (Fsp3) is 0.105. The van der Waals surface area contributed by atoms with E-state index >= 15 is 0 Å². The zero-order chi connectivity index (χ0) is 17.8. The van der Waals surface area contributed by atoms with Gasteiger partial charge in [0.2, 0.25) is 5.78 Å². The normalized spacial score (nSPS) is 13.1. The van der Waals surface area contributed by atoms with Gasteiger partial charge in [0.1, 0.15) is 23.1 Å². The van der Waals surface area contributed by atoms with Crippen molar-refractivity contribution < 1.29 is 19.1 Å². The van der Waals surface area contributed by atoms with E-state index in [2.05, 4.69) is 5.32 Å². The summed E-state index contributed by atoms with van der Waals surface area (Å²) < 4.78 is 10.5. The number of ketones is 1. The molecular formula is C19H14N2O4. The number of ether oxygens (including phenoxy) is 2. The van der Waals surface area contributed by atoms with E-state index in [1.807, 2.05) is 6.07 Å². The van der Waals surface area contributed by atoms with Crippen LogP contribution in [0.4, 0.5) is 5.69 Å². The fourth-order valence-corrected chi connectivity index (χ4v) is 2.48. The maximum Gasteiger partial charge on any atom is 0.262 e. The van der Waals surface area contributed by atoms with Gasteiger partial charge in [-0.05, 0) is 35.9 Å². The van der Waals surface area contributed by atoms with Gasteiger partial charge in [0.15, 0.2) is 6.61 Å². The predicted molar refractivity (Wildman–Crippen MR) is 91.5 cm³/mol. The number of allylic oxidation sites excluding steroid dienone is 1. The van der Waals surface area contributed by atoms with Gasteiger partial charge in [-0.1, -0.05) is 18.2 Å². The number of nitriles is 1. The summed E-state index contributed by atoms with van der Waals surface area (Å²) in [4.78, 5) is 24.0. The molecule has 1 amide bonds. The van der Waals surface area contributed by atoms with E-state index in [0.29, 0.717) is 28.3 Å². The Morgan fingerprint density at radius 2 is 2.12 bits per heavy atom. The number of methoxy groups -OCH3 is 1. The number of anilines is 1. The standard InChI is InChI=1S/C19H14N2O4/c1-24-16-5-3-2-4-14(16)19(23)13(10-20)8-12-6-7-17-15(9-12)21-18(22)11-25-17/h2-9H,11H2,1H3,(H,21,22)/b13-8-. The van der Waals surface area contributed by atoms with Crippen molar-refractivity contribution in [3.63, 3.8) is 0 Å². The van der Waals surface area contributed by atoms with Crippen molar-refractivity contribution in [1.29, 1.82) is 5.26 Å². The van der Waals surface area contributed by atoms with Gasteiger partial charge >= 0.3 is 0 Å². The van der Waals surface area contributed by atoms with Crippen LogP contribution in [0.1, 0.15) is 15.9 Å². The third-order valence-corrected chi connectivity index (χ3v) is 3.66. The van der Waals surface area contributed by atoms with Gasteiger partial charge in [-0.15, -0.1) is 0 Å². The van der Waals surface area contributed by atoms with Gasteiger partial charge in [-0.25, -0.2) is 0 Å². The van der Waals surface area contributed by atoms with Crippen LogP contribution < -0.4 is 14.8 Å². The van der Waals surface area contributed by atoms with Crippen molar-refractivity contribution in [2.75, 3.05) is 19.0 Å².